The molecule has 0 amide bonds. The molecule has 0 saturated carbocycles. The average Bonchev–Trinajstić information content (AvgIpc) is 3.21. The topological polar surface area (TPSA) is 51.6 Å². The van der Waals surface area contributed by atoms with Crippen LogP contribution in [-0.4, -0.2) is 19.9 Å². The number of pyridine rings is 4. The molecule has 0 bridgehead atoms. The maximum atomic E-state index is 4.90. The SMILES string of the molecule is c1ccc(-c2c3ccc(-c4ccc(-c5ccccn5)cn4)cc3c(-c3ccccc3)c3ccc(-c4ccc(-c5ccccn5)cn4)cc23)cc1. The van der Waals surface area contributed by atoms with Crippen molar-refractivity contribution in [1.82, 2.24) is 19.9 Å². The van der Waals surface area contributed by atoms with Crippen LogP contribution in [0, 0.1) is 0 Å². The molecule has 5 aromatic carbocycles. The van der Waals surface area contributed by atoms with E-state index in [1.165, 1.54) is 43.8 Å². The quantitative estimate of drug-likeness (QED) is 0.170. The zero-order valence-electron chi connectivity index (χ0n) is 27.1. The molecule has 4 heteroatoms. The Morgan fingerprint density at radius 3 is 1.04 bits per heavy atom. The maximum Gasteiger partial charge on any atom is 0.0717 e. The number of hydrogen-bond acceptors (Lipinski definition) is 4. The Labute approximate surface area is 290 Å². The van der Waals surface area contributed by atoms with Gasteiger partial charge in [0.15, 0.2) is 0 Å². The van der Waals surface area contributed by atoms with E-state index >= 15 is 0 Å². The summed E-state index contributed by atoms with van der Waals surface area (Å²) in [7, 11) is 0. The van der Waals surface area contributed by atoms with Crippen LogP contribution in [0.2, 0.25) is 0 Å². The molecule has 4 nitrogen and oxygen atoms in total. The van der Waals surface area contributed by atoms with Crippen molar-refractivity contribution in [2.45, 2.75) is 0 Å². The van der Waals surface area contributed by atoms with Gasteiger partial charge in [-0.05, 0) is 104 Å². The van der Waals surface area contributed by atoms with E-state index in [9.17, 15) is 0 Å². The Balaban J connectivity index is 1.26. The predicted molar refractivity (Wildman–Crippen MR) is 205 cm³/mol. The minimum Gasteiger partial charge on any atom is -0.256 e. The summed E-state index contributed by atoms with van der Waals surface area (Å²) in [6.45, 7) is 0. The lowest BCUT2D eigenvalue weighted by atomic mass is 9.84. The first kappa shape index (κ1) is 29.4. The standard InChI is InChI=1S/C46H30N4/c1-3-11-31(12-4-1)45-37-21-17-34(44-24-20-36(30-50-44)42-16-8-10-26-48-42)28-40(37)46(32-13-5-2-6-14-32)38-22-18-33(27-39(38)45)43-23-19-35(29-49-43)41-15-7-9-25-47-41/h1-30H. The molecule has 0 aliphatic carbocycles. The smallest absolute Gasteiger partial charge is 0.0717 e. The van der Waals surface area contributed by atoms with E-state index in [1.807, 2.05) is 61.2 Å². The molecule has 9 rings (SSSR count). The highest BCUT2D eigenvalue weighted by atomic mass is 14.7. The van der Waals surface area contributed by atoms with Gasteiger partial charge in [-0.3, -0.25) is 19.9 Å². The lowest BCUT2D eigenvalue weighted by molar-refractivity contribution is 1.28. The largest absolute Gasteiger partial charge is 0.256 e. The molecule has 0 aliphatic heterocycles. The van der Waals surface area contributed by atoms with Gasteiger partial charge in [0.1, 0.15) is 0 Å². The van der Waals surface area contributed by atoms with Crippen molar-refractivity contribution < 1.29 is 0 Å². The van der Waals surface area contributed by atoms with Gasteiger partial charge in [0.2, 0.25) is 0 Å². The third-order valence-electron chi connectivity index (χ3n) is 9.28. The fraction of sp³-hybridized carbons (Fsp3) is 0. The molecular weight excluding hydrogens is 609 g/mol. The van der Waals surface area contributed by atoms with E-state index in [0.717, 1.165) is 45.0 Å². The van der Waals surface area contributed by atoms with Crippen LogP contribution >= 0.6 is 0 Å². The molecule has 4 heterocycles. The molecule has 0 N–H and O–H groups in total. The molecular formula is C46H30N4. The molecule has 9 aromatic rings. The van der Waals surface area contributed by atoms with E-state index < -0.39 is 0 Å². The van der Waals surface area contributed by atoms with E-state index in [4.69, 9.17) is 9.97 Å². The first-order valence-electron chi connectivity index (χ1n) is 16.7. The Morgan fingerprint density at radius 1 is 0.260 bits per heavy atom. The normalized spacial score (nSPS) is 11.2. The summed E-state index contributed by atoms with van der Waals surface area (Å²) >= 11 is 0. The van der Waals surface area contributed by atoms with Crippen LogP contribution in [-0.2, 0) is 0 Å². The molecule has 234 valence electrons. The van der Waals surface area contributed by atoms with Gasteiger partial charge in [0.25, 0.3) is 0 Å². The molecule has 0 radical (unpaired) electrons. The van der Waals surface area contributed by atoms with Crippen molar-refractivity contribution in [2.75, 3.05) is 0 Å². The van der Waals surface area contributed by atoms with Crippen LogP contribution in [0.3, 0.4) is 0 Å². The average molecular weight is 639 g/mol. The number of hydrogen-bond donors (Lipinski definition) is 0. The maximum absolute atomic E-state index is 4.90. The van der Waals surface area contributed by atoms with Crippen LogP contribution in [0.25, 0.3) is 88.8 Å². The molecule has 0 atom stereocenters. The summed E-state index contributed by atoms with van der Waals surface area (Å²) in [6.07, 6.45) is 7.44. The molecule has 0 unspecified atom stereocenters. The van der Waals surface area contributed by atoms with Gasteiger partial charge >= 0.3 is 0 Å². The number of rotatable bonds is 6. The van der Waals surface area contributed by atoms with Gasteiger partial charge in [-0.25, -0.2) is 0 Å². The predicted octanol–water partition coefficient (Wildman–Crippen LogP) is 11.6. The zero-order chi connectivity index (χ0) is 33.3. The fourth-order valence-corrected chi connectivity index (χ4v) is 6.88. The third kappa shape index (κ3) is 5.39. The van der Waals surface area contributed by atoms with Crippen LogP contribution < -0.4 is 0 Å². The summed E-state index contributed by atoms with van der Waals surface area (Å²) in [4.78, 5) is 18.8. The summed E-state index contributed by atoms with van der Waals surface area (Å²) < 4.78 is 0. The van der Waals surface area contributed by atoms with E-state index in [0.29, 0.717) is 0 Å². The summed E-state index contributed by atoms with van der Waals surface area (Å²) in [5, 5.41) is 4.74. The molecule has 0 saturated heterocycles. The van der Waals surface area contributed by atoms with Crippen molar-refractivity contribution in [3.05, 3.63) is 183 Å². The number of aromatic nitrogens is 4. The minimum absolute atomic E-state index is 0.911. The van der Waals surface area contributed by atoms with Crippen molar-refractivity contribution in [3.63, 3.8) is 0 Å². The monoisotopic (exact) mass is 638 g/mol. The summed E-state index contributed by atoms with van der Waals surface area (Å²) in [5.41, 5.74) is 12.5. The van der Waals surface area contributed by atoms with Crippen LogP contribution in [0.5, 0.6) is 0 Å². The number of fused-ring (bicyclic) bond motifs is 2. The van der Waals surface area contributed by atoms with Crippen LogP contribution in [0.1, 0.15) is 0 Å². The second-order valence-corrected chi connectivity index (χ2v) is 12.3. The lowest BCUT2D eigenvalue weighted by Gasteiger charge is -2.19. The molecule has 0 spiro atoms. The first-order valence-corrected chi connectivity index (χ1v) is 16.7. The number of nitrogens with zero attached hydrogens (tertiary/aromatic N) is 4. The van der Waals surface area contributed by atoms with Gasteiger partial charge in [-0.15, -0.1) is 0 Å². The first-order chi connectivity index (χ1) is 24.8. The van der Waals surface area contributed by atoms with E-state index in [-0.39, 0.29) is 0 Å². The highest BCUT2D eigenvalue weighted by molar-refractivity contribution is 6.22. The molecule has 0 fully saturated rings. The van der Waals surface area contributed by atoms with Gasteiger partial charge in [-0.1, -0.05) is 97.1 Å². The Hall–Kier alpha value is -6.78. The molecule has 50 heavy (non-hydrogen) atoms. The second-order valence-electron chi connectivity index (χ2n) is 12.3. The van der Waals surface area contributed by atoms with Crippen molar-refractivity contribution in [1.29, 1.82) is 0 Å². The molecule has 4 aromatic heterocycles. The Bertz CT molecular complexity index is 2400. The number of benzene rings is 5. The van der Waals surface area contributed by atoms with E-state index in [2.05, 4.69) is 131 Å². The fourth-order valence-electron chi connectivity index (χ4n) is 6.88. The van der Waals surface area contributed by atoms with Crippen LogP contribution in [0.15, 0.2) is 183 Å². The van der Waals surface area contributed by atoms with Crippen LogP contribution in [0.4, 0.5) is 0 Å². The highest BCUT2D eigenvalue weighted by Crippen LogP contribution is 2.45. The van der Waals surface area contributed by atoms with Gasteiger partial charge in [0, 0.05) is 47.0 Å². The van der Waals surface area contributed by atoms with Crippen molar-refractivity contribution in [2.24, 2.45) is 0 Å². The Kier molecular flexibility index (Phi) is 7.45. The molecule has 0 aliphatic rings. The van der Waals surface area contributed by atoms with Crippen molar-refractivity contribution in [3.8, 4) is 67.3 Å². The summed E-state index contributed by atoms with van der Waals surface area (Å²) in [6, 6.07) is 55.2. The van der Waals surface area contributed by atoms with Crippen molar-refractivity contribution >= 4 is 21.5 Å². The zero-order valence-corrected chi connectivity index (χ0v) is 27.1. The van der Waals surface area contributed by atoms with Gasteiger partial charge in [-0.2, -0.15) is 0 Å². The summed E-state index contributed by atoms with van der Waals surface area (Å²) in [5.74, 6) is 0. The third-order valence-corrected chi connectivity index (χ3v) is 9.28. The van der Waals surface area contributed by atoms with Gasteiger partial charge in [0.05, 0.1) is 22.8 Å². The minimum atomic E-state index is 0.911. The lowest BCUT2D eigenvalue weighted by Crippen LogP contribution is -1.93. The van der Waals surface area contributed by atoms with E-state index in [1.54, 1.807) is 0 Å². The highest BCUT2D eigenvalue weighted by Gasteiger charge is 2.19. The Morgan fingerprint density at radius 2 is 0.660 bits per heavy atom. The second kappa shape index (κ2) is 12.7. The van der Waals surface area contributed by atoms with Gasteiger partial charge < -0.3 is 0 Å².